The van der Waals surface area contributed by atoms with Crippen molar-refractivity contribution >= 4 is 5.69 Å². The van der Waals surface area contributed by atoms with Gasteiger partial charge in [0, 0.05) is 18.3 Å². The molecule has 2 aromatic carbocycles. The summed E-state index contributed by atoms with van der Waals surface area (Å²) in [5.41, 5.74) is 6.91. The molecular weight excluding hydrogens is 317 g/mol. The second kappa shape index (κ2) is 7.68. The zero-order valence-corrected chi connectivity index (χ0v) is 13.3. The lowest BCUT2D eigenvalue weighted by Crippen LogP contribution is -2.32. The zero-order valence-electron chi connectivity index (χ0n) is 13.3. The molecule has 24 heavy (non-hydrogen) atoms. The topological polar surface area (TPSA) is 58.3 Å². The summed E-state index contributed by atoms with van der Waals surface area (Å²) in [5, 5.41) is 13.3. The number of rotatable bonds is 6. The Hall–Kier alpha value is -2.05. The molecule has 0 aliphatic carbocycles. The Labute approximate surface area is 139 Å². The van der Waals surface area contributed by atoms with E-state index in [1.165, 1.54) is 12.1 Å². The van der Waals surface area contributed by atoms with Gasteiger partial charge in [-0.15, -0.1) is 0 Å². The van der Waals surface area contributed by atoms with Gasteiger partial charge >= 0.3 is 6.18 Å². The summed E-state index contributed by atoms with van der Waals surface area (Å²) in [6.07, 6.45) is -4.68. The van der Waals surface area contributed by atoms with E-state index < -0.39 is 17.8 Å². The summed E-state index contributed by atoms with van der Waals surface area (Å²) in [5.74, 6) is 0. The predicted octanol–water partition coefficient (Wildman–Crippen LogP) is 3.54. The van der Waals surface area contributed by atoms with Crippen molar-refractivity contribution in [2.45, 2.75) is 31.7 Å². The Morgan fingerprint density at radius 2 is 1.79 bits per heavy atom. The molecule has 0 heterocycles. The lowest BCUT2D eigenvalue weighted by atomic mass is 10.0. The quantitative estimate of drug-likeness (QED) is 0.706. The minimum absolute atomic E-state index is 0.0640. The monoisotopic (exact) mass is 338 g/mol. The van der Waals surface area contributed by atoms with Crippen molar-refractivity contribution in [1.82, 2.24) is 5.32 Å². The molecule has 0 saturated heterocycles. The molecule has 0 amide bonds. The molecule has 6 heteroatoms. The van der Waals surface area contributed by atoms with Crippen LogP contribution in [-0.4, -0.2) is 17.7 Å². The summed E-state index contributed by atoms with van der Waals surface area (Å²) in [7, 11) is 0. The number of alkyl halides is 3. The van der Waals surface area contributed by atoms with Crippen molar-refractivity contribution in [3.05, 3.63) is 65.2 Å². The highest BCUT2D eigenvalue weighted by Crippen LogP contribution is 2.30. The van der Waals surface area contributed by atoms with Gasteiger partial charge in [0.2, 0.25) is 0 Å². The lowest BCUT2D eigenvalue weighted by molar-refractivity contribution is -0.137. The Bertz CT molecular complexity index is 656. The number of anilines is 1. The molecule has 130 valence electrons. The van der Waals surface area contributed by atoms with Crippen LogP contribution >= 0.6 is 0 Å². The SMILES string of the molecule is CC(Cc1ccc(N)cc1)NCC(O)c1cccc(C(F)(F)F)c1. The number of hydrogen-bond donors (Lipinski definition) is 3. The van der Waals surface area contributed by atoms with Crippen LogP contribution in [0.4, 0.5) is 18.9 Å². The van der Waals surface area contributed by atoms with Gasteiger partial charge in [-0.1, -0.05) is 24.3 Å². The van der Waals surface area contributed by atoms with Crippen LogP contribution in [0, 0.1) is 0 Å². The number of aliphatic hydroxyl groups is 1. The molecule has 4 N–H and O–H groups in total. The molecule has 2 unspecified atom stereocenters. The fraction of sp³-hybridized carbons (Fsp3) is 0.333. The average molecular weight is 338 g/mol. The average Bonchev–Trinajstić information content (AvgIpc) is 2.54. The minimum Gasteiger partial charge on any atom is -0.399 e. The van der Waals surface area contributed by atoms with E-state index in [1.54, 1.807) is 0 Å². The molecule has 0 aliphatic rings. The molecule has 0 aromatic heterocycles. The fourth-order valence-electron chi connectivity index (χ4n) is 2.43. The van der Waals surface area contributed by atoms with E-state index in [2.05, 4.69) is 5.32 Å². The molecule has 0 radical (unpaired) electrons. The first-order valence-corrected chi connectivity index (χ1v) is 7.68. The normalized spacial score (nSPS) is 14.4. The van der Waals surface area contributed by atoms with E-state index in [0.29, 0.717) is 5.69 Å². The fourth-order valence-corrected chi connectivity index (χ4v) is 2.43. The lowest BCUT2D eigenvalue weighted by Gasteiger charge is -2.18. The molecule has 2 aromatic rings. The molecule has 0 saturated carbocycles. The highest BCUT2D eigenvalue weighted by Gasteiger charge is 2.30. The number of aliphatic hydroxyl groups excluding tert-OH is 1. The maximum atomic E-state index is 12.7. The summed E-state index contributed by atoms with van der Waals surface area (Å²) in [6.45, 7) is 2.13. The van der Waals surface area contributed by atoms with E-state index in [4.69, 9.17) is 5.73 Å². The first-order valence-electron chi connectivity index (χ1n) is 7.68. The van der Waals surface area contributed by atoms with Gasteiger partial charge in [0.1, 0.15) is 0 Å². The van der Waals surface area contributed by atoms with Gasteiger partial charge in [0.25, 0.3) is 0 Å². The largest absolute Gasteiger partial charge is 0.416 e. The predicted molar refractivity (Wildman–Crippen MR) is 88.4 cm³/mol. The first kappa shape index (κ1) is 18.3. The summed E-state index contributed by atoms with van der Waals surface area (Å²) < 4.78 is 38.1. The van der Waals surface area contributed by atoms with Crippen molar-refractivity contribution in [3.8, 4) is 0 Å². The second-order valence-electron chi connectivity index (χ2n) is 5.89. The van der Waals surface area contributed by atoms with Gasteiger partial charge < -0.3 is 16.2 Å². The Morgan fingerprint density at radius 1 is 1.12 bits per heavy atom. The van der Waals surface area contributed by atoms with E-state index in [9.17, 15) is 18.3 Å². The Kier molecular flexibility index (Phi) is 5.85. The number of benzene rings is 2. The van der Waals surface area contributed by atoms with Crippen LogP contribution < -0.4 is 11.1 Å². The van der Waals surface area contributed by atoms with Crippen LogP contribution in [-0.2, 0) is 12.6 Å². The van der Waals surface area contributed by atoms with E-state index >= 15 is 0 Å². The van der Waals surface area contributed by atoms with Gasteiger partial charge in [0.05, 0.1) is 11.7 Å². The number of nitrogen functional groups attached to an aromatic ring is 1. The van der Waals surface area contributed by atoms with Crippen LogP contribution in [0.5, 0.6) is 0 Å². The van der Waals surface area contributed by atoms with Crippen molar-refractivity contribution < 1.29 is 18.3 Å². The third-order valence-corrected chi connectivity index (χ3v) is 3.78. The van der Waals surface area contributed by atoms with E-state index in [1.807, 2.05) is 31.2 Å². The van der Waals surface area contributed by atoms with Gasteiger partial charge in [-0.3, -0.25) is 0 Å². The van der Waals surface area contributed by atoms with Crippen molar-refractivity contribution in [1.29, 1.82) is 0 Å². The second-order valence-corrected chi connectivity index (χ2v) is 5.89. The van der Waals surface area contributed by atoms with Crippen LogP contribution in [0.25, 0.3) is 0 Å². The zero-order chi connectivity index (χ0) is 17.7. The van der Waals surface area contributed by atoms with Crippen LogP contribution in [0.2, 0.25) is 0 Å². The molecule has 3 nitrogen and oxygen atoms in total. The molecule has 0 spiro atoms. The van der Waals surface area contributed by atoms with E-state index in [-0.39, 0.29) is 18.2 Å². The van der Waals surface area contributed by atoms with Gasteiger partial charge in [0.15, 0.2) is 0 Å². The molecule has 0 bridgehead atoms. The number of halogens is 3. The van der Waals surface area contributed by atoms with Crippen molar-refractivity contribution in [3.63, 3.8) is 0 Å². The van der Waals surface area contributed by atoms with Gasteiger partial charge in [-0.25, -0.2) is 0 Å². The Morgan fingerprint density at radius 3 is 2.42 bits per heavy atom. The van der Waals surface area contributed by atoms with Gasteiger partial charge in [-0.2, -0.15) is 13.2 Å². The summed E-state index contributed by atoms with van der Waals surface area (Å²) >= 11 is 0. The van der Waals surface area contributed by atoms with E-state index in [0.717, 1.165) is 24.1 Å². The Balaban J connectivity index is 1.90. The number of nitrogens with two attached hydrogens (primary N) is 1. The molecular formula is C18H21F3N2O. The maximum Gasteiger partial charge on any atom is 0.416 e. The number of nitrogens with one attached hydrogen (secondary N) is 1. The molecule has 2 atom stereocenters. The van der Waals surface area contributed by atoms with Crippen LogP contribution in [0.1, 0.15) is 29.7 Å². The smallest absolute Gasteiger partial charge is 0.399 e. The molecule has 0 fully saturated rings. The van der Waals surface area contributed by atoms with Crippen molar-refractivity contribution in [2.75, 3.05) is 12.3 Å². The van der Waals surface area contributed by atoms with Crippen LogP contribution in [0.3, 0.4) is 0 Å². The standard InChI is InChI=1S/C18H21F3N2O/c1-12(9-13-5-7-16(22)8-6-13)23-11-17(24)14-3-2-4-15(10-14)18(19,20)21/h2-8,10,12,17,23-24H,9,11,22H2,1H3. The third-order valence-electron chi connectivity index (χ3n) is 3.78. The molecule has 2 rings (SSSR count). The summed E-state index contributed by atoms with van der Waals surface area (Å²) in [6, 6.07) is 12.3. The number of hydrogen-bond acceptors (Lipinski definition) is 3. The minimum atomic E-state index is -4.41. The summed E-state index contributed by atoms with van der Waals surface area (Å²) in [4.78, 5) is 0. The third kappa shape index (κ3) is 5.25. The highest BCUT2D eigenvalue weighted by atomic mass is 19.4. The van der Waals surface area contributed by atoms with Crippen LogP contribution in [0.15, 0.2) is 48.5 Å². The first-order chi connectivity index (χ1) is 11.3. The molecule has 0 aliphatic heterocycles. The highest BCUT2D eigenvalue weighted by molar-refractivity contribution is 5.39. The maximum absolute atomic E-state index is 12.7. The van der Waals surface area contributed by atoms with Crippen molar-refractivity contribution in [2.24, 2.45) is 0 Å². The van der Waals surface area contributed by atoms with Gasteiger partial charge in [-0.05, 0) is 48.7 Å².